The normalized spacial score (nSPS) is 13.5. The minimum atomic E-state index is -0.0246. The molecule has 2 aromatic rings. The summed E-state index contributed by atoms with van der Waals surface area (Å²) in [4.78, 5) is 13.9. The molecular weight excluding hydrogens is 326 g/mol. The van der Waals surface area contributed by atoms with Crippen molar-refractivity contribution in [3.8, 4) is 22.6 Å². The van der Waals surface area contributed by atoms with Crippen molar-refractivity contribution in [1.29, 1.82) is 0 Å². The number of likely N-dealkylation sites (N-methyl/N-ethyl adjacent to an activating group) is 1. The highest BCUT2D eigenvalue weighted by Crippen LogP contribution is 2.46. The smallest absolute Gasteiger partial charge is 0.231 e. The molecule has 0 atom stereocenters. The van der Waals surface area contributed by atoms with E-state index < -0.39 is 0 Å². The first-order valence-electron chi connectivity index (χ1n) is 8.14. The van der Waals surface area contributed by atoms with Gasteiger partial charge in [-0.1, -0.05) is 31.0 Å². The van der Waals surface area contributed by atoms with E-state index in [0.29, 0.717) is 28.4 Å². The van der Waals surface area contributed by atoms with Gasteiger partial charge in [0.05, 0.1) is 22.7 Å². The molecule has 0 aromatic heterocycles. The summed E-state index contributed by atoms with van der Waals surface area (Å²) in [6.45, 7) is 4.46. The van der Waals surface area contributed by atoms with Gasteiger partial charge < -0.3 is 15.1 Å². The van der Waals surface area contributed by atoms with Crippen LogP contribution in [0.2, 0.25) is 5.02 Å². The average Bonchev–Trinajstić information content (AvgIpc) is 2.86. The molecule has 0 unspecified atom stereocenters. The van der Waals surface area contributed by atoms with Crippen LogP contribution in [0.4, 0.5) is 5.69 Å². The van der Waals surface area contributed by atoms with Crippen molar-refractivity contribution in [3.05, 3.63) is 40.4 Å². The van der Waals surface area contributed by atoms with Gasteiger partial charge in [-0.25, -0.2) is 0 Å². The molecule has 1 aliphatic heterocycles. The highest BCUT2D eigenvalue weighted by Gasteiger charge is 2.32. The van der Waals surface area contributed by atoms with E-state index in [1.54, 1.807) is 29.2 Å². The Hall–Kier alpha value is -2.20. The van der Waals surface area contributed by atoms with Crippen LogP contribution in [-0.2, 0) is 17.6 Å². The van der Waals surface area contributed by atoms with Gasteiger partial charge in [0.1, 0.15) is 11.5 Å². The molecule has 0 spiro atoms. The number of hydrogen-bond donors (Lipinski definition) is 2. The first kappa shape index (κ1) is 16.7. The summed E-state index contributed by atoms with van der Waals surface area (Å²) in [5, 5.41) is 21.4. The number of anilines is 1. The third-order valence-corrected chi connectivity index (χ3v) is 4.72. The average molecular weight is 346 g/mol. The SMILES string of the molecule is CCCc1cc(O)c(-c2ccc(Cl)c3c2CC(=O)N3CC)c(O)c1. The van der Waals surface area contributed by atoms with E-state index in [2.05, 4.69) is 0 Å². The standard InChI is InChI=1S/C19H20ClNO3/c1-3-5-11-8-15(22)18(16(23)9-11)12-6-7-14(20)19-13(12)10-17(24)21(19)4-2/h6-9,22-23H,3-5,10H2,1-2H3. The lowest BCUT2D eigenvalue weighted by atomic mass is 9.94. The first-order chi connectivity index (χ1) is 11.5. The maximum Gasteiger partial charge on any atom is 0.231 e. The molecule has 126 valence electrons. The van der Waals surface area contributed by atoms with E-state index in [1.165, 1.54) is 0 Å². The second kappa shape index (κ2) is 6.36. The second-order valence-corrected chi connectivity index (χ2v) is 6.40. The van der Waals surface area contributed by atoms with Crippen molar-refractivity contribution in [3.63, 3.8) is 0 Å². The summed E-state index contributed by atoms with van der Waals surface area (Å²) >= 11 is 6.30. The molecule has 2 N–H and O–H groups in total. The van der Waals surface area contributed by atoms with Crippen molar-refractivity contribution >= 4 is 23.2 Å². The molecule has 0 fully saturated rings. The highest BCUT2D eigenvalue weighted by atomic mass is 35.5. The van der Waals surface area contributed by atoms with Crippen LogP contribution in [0, 0.1) is 0 Å². The van der Waals surface area contributed by atoms with Crippen LogP contribution in [0.15, 0.2) is 24.3 Å². The lowest BCUT2D eigenvalue weighted by Crippen LogP contribution is -2.26. The summed E-state index contributed by atoms with van der Waals surface area (Å²) in [7, 11) is 0. The summed E-state index contributed by atoms with van der Waals surface area (Å²) in [6.07, 6.45) is 1.92. The molecule has 4 nitrogen and oxygen atoms in total. The van der Waals surface area contributed by atoms with Crippen molar-refractivity contribution in [2.45, 2.75) is 33.1 Å². The maximum atomic E-state index is 12.2. The molecule has 2 aromatic carbocycles. The van der Waals surface area contributed by atoms with Crippen LogP contribution in [0.25, 0.3) is 11.1 Å². The third kappa shape index (κ3) is 2.61. The number of rotatable bonds is 4. The fourth-order valence-electron chi connectivity index (χ4n) is 3.40. The number of halogens is 1. The van der Waals surface area contributed by atoms with Gasteiger partial charge >= 0.3 is 0 Å². The Morgan fingerprint density at radius 1 is 1.17 bits per heavy atom. The van der Waals surface area contributed by atoms with E-state index >= 15 is 0 Å². The Labute approximate surface area is 146 Å². The number of amides is 1. The largest absolute Gasteiger partial charge is 0.507 e. The quantitative estimate of drug-likeness (QED) is 0.869. The van der Waals surface area contributed by atoms with Gasteiger partial charge in [0.15, 0.2) is 0 Å². The predicted molar refractivity (Wildman–Crippen MR) is 95.9 cm³/mol. The number of carbonyl (C=O) groups excluding carboxylic acids is 1. The molecule has 0 saturated carbocycles. The highest BCUT2D eigenvalue weighted by molar-refractivity contribution is 6.35. The molecule has 1 heterocycles. The summed E-state index contributed by atoms with van der Waals surface area (Å²) in [6, 6.07) is 6.81. The van der Waals surface area contributed by atoms with Crippen LogP contribution in [0.1, 0.15) is 31.4 Å². The zero-order valence-electron chi connectivity index (χ0n) is 13.8. The monoisotopic (exact) mass is 345 g/mol. The van der Waals surface area contributed by atoms with Crippen molar-refractivity contribution in [1.82, 2.24) is 0 Å². The Morgan fingerprint density at radius 3 is 2.42 bits per heavy atom. The van der Waals surface area contributed by atoms with Crippen LogP contribution < -0.4 is 4.90 Å². The van der Waals surface area contributed by atoms with Gasteiger partial charge in [0.25, 0.3) is 0 Å². The topological polar surface area (TPSA) is 60.8 Å². The maximum absolute atomic E-state index is 12.2. The predicted octanol–water partition coefficient (Wildman–Crippen LogP) is 4.28. The Balaban J connectivity index is 2.20. The van der Waals surface area contributed by atoms with Crippen molar-refractivity contribution in [2.24, 2.45) is 0 Å². The van der Waals surface area contributed by atoms with Crippen LogP contribution >= 0.6 is 11.6 Å². The number of nitrogens with zero attached hydrogens (tertiary/aromatic N) is 1. The third-order valence-electron chi connectivity index (χ3n) is 4.41. The lowest BCUT2D eigenvalue weighted by molar-refractivity contribution is -0.117. The van der Waals surface area contributed by atoms with E-state index in [-0.39, 0.29) is 23.8 Å². The van der Waals surface area contributed by atoms with Crippen molar-refractivity contribution in [2.75, 3.05) is 11.4 Å². The second-order valence-electron chi connectivity index (χ2n) is 6.00. The zero-order chi connectivity index (χ0) is 17.4. The number of fused-ring (bicyclic) bond motifs is 1. The van der Waals surface area contributed by atoms with Gasteiger partial charge in [-0.3, -0.25) is 4.79 Å². The number of hydrogen-bond acceptors (Lipinski definition) is 3. The number of phenolic OH excluding ortho intramolecular Hbond substituents is 2. The van der Waals surface area contributed by atoms with Crippen LogP contribution in [0.5, 0.6) is 11.5 Å². The number of aryl methyl sites for hydroxylation is 1. The number of benzene rings is 2. The molecule has 24 heavy (non-hydrogen) atoms. The van der Waals surface area contributed by atoms with Gasteiger partial charge in [0, 0.05) is 6.54 Å². The molecule has 0 aliphatic carbocycles. The number of phenols is 2. The van der Waals surface area contributed by atoms with E-state index in [1.807, 2.05) is 13.8 Å². The summed E-state index contributed by atoms with van der Waals surface area (Å²) in [5.74, 6) is 0.0131. The number of carbonyl (C=O) groups is 1. The Bertz CT molecular complexity index is 793. The van der Waals surface area contributed by atoms with Gasteiger partial charge in [0.2, 0.25) is 5.91 Å². The van der Waals surface area contributed by atoms with Crippen molar-refractivity contribution < 1.29 is 15.0 Å². The molecular formula is C19H20ClNO3. The Kier molecular flexibility index (Phi) is 4.41. The molecule has 0 bridgehead atoms. The van der Waals surface area contributed by atoms with Crippen LogP contribution in [-0.4, -0.2) is 22.7 Å². The molecule has 0 saturated heterocycles. The molecule has 3 rings (SSSR count). The molecule has 1 aliphatic rings. The minimum Gasteiger partial charge on any atom is -0.507 e. The zero-order valence-corrected chi connectivity index (χ0v) is 14.5. The minimum absolute atomic E-state index is 0.0189. The summed E-state index contributed by atoms with van der Waals surface area (Å²) in [5.41, 5.74) is 3.32. The number of aromatic hydroxyl groups is 2. The first-order valence-corrected chi connectivity index (χ1v) is 8.52. The molecule has 0 radical (unpaired) electrons. The fraction of sp³-hybridized carbons (Fsp3) is 0.316. The van der Waals surface area contributed by atoms with E-state index in [9.17, 15) is 15.0 Å². The van der Waals surface area contributed by atoms with E-state index in [4.69, 9.17) is 11.6 Å². The molecule has 1 amide bonds. The molecule has 5 heteroatoms. The summed E-state index contributed by atoms with van der Waals surface area (Å²) < 4.78 is 0. The Morgan fingerprint density at radius 2 is 1.83 bits per heavy atom. The van der Waals surface area contributed by atoms with Gasteiger partial charge in [-0.15, -0.1) is 0 Å². The fourth-order valence-corrected chi connectivity index (χ4v) is 3.68. The van der Waals surface area contributed by atoms with Crippen LogP contribution in [0.3, 0.4) is 0 Å². The lowest BCUT2D eigenvalue weighted by Gasteiger charge is -2.18. The van der Waals surface area contributed by atoms with E-state index in [0.717, 1.165) is 24.0 Å². The van der Waals surface area contributed by atoms with Gasteiger partial charge in [-0.2, -0.15) is 0 Å². The van der Waals surface area contributed by atoms with Gasteiger partial charge in [-0.05, 0) is 48.2 Å².